The third kappa shape index (κ3) is 6.63. The van der Waals surface area contributed by atoms with E-state index >= 15 is 0 Å². The van der Waals surface area contributed by atoms with E-state index < -0.39 is 29.8 Å². The summed E-state index contributed by atoms with van der Waals surface area (Å²) in [5.41, 5.74) is 4.81. The molecule has 0 fully saturated rings. The number of ether oxygens (including phenoxy) is 5. The molecule has 2 aliphatic rings. The number of hydrogen-bond donors (Lipinski definition) is 0. The molecule has 3 aromatic carbocycles. The van der Waals surface area contributed by atoms with Crippen molar-refractivity contribution < 1.29 is 38.1 Å². The number of pyridine rings is 1. The molecule has 0 spiro atoms. The maximum absolute atomic E-state index is 14.0. The number of Topliss-reactive ketones (excluding diaryl/α,β-unsaturated/α-hetero) is 1. The first kappa shape index (κ1) is 31.6. The molecule has 0 saturated carbocycles. The number of methoxy groups -OCH3 is 3. The molecule has 1 aliphatic carbocycles. The van der Waals surface area contributed by atoms with Crippen LogP contribution in [0.4, 0.5) is 0 Å². The number of benzene rings is 3. The number of hydrogen-bond acceptors (Lipinski definition) is 9. The number of carbonyl (C=O) groups excluding carboxylic acids is 3. The molecule has 2 unspecified atom stereocenters. The van der Waals surface area contributed by atoms with Crippen molar-refractivity contribution in [3.05, 3.63) is 113 Å². The van der Waals surface area contributed by atoms with Crippen LogP contribution in [0.2, 0.25) is 0 Å². The second-order valence-electron chi connectivity index (χ2n) is 11.5. The standard InChI is InChI=1S/C37H36N2O8/c1-43-32-18-27(19-33(44-2)35(32)45-3)34(40)36(41)39-21-26-8-5-4-7-25(26)17-30(39)37(42)47-31-10-6-9-24-11-12-28(20-29(24)31)46-22-23-13-15-38-16-14-23/h4-5,7-8,11-16,18-20,30-31H,6,9-10,17,21-22H2,1-3H3. The summed E-state index contributed by atoms with van der Waals surface area (Å²) in [6.45, 7) is 0.462. The summed E-state index contributed by atoms with van der Waals surface area (Å²) in [6, 6.07) is 19.1. The number of amides is 1. The lowest BCUT2D eigenvalue weighted by atomic mass is 9.89. The number of carbonyl (C=O) groups is 3. The summed E-state index contributed by atoms with van der Waals surface area (Å²) < 4.78 is 28.4. The van der Waals surface area contributed by atoms with Gasteiger partial charge in [0.25, 0.3) is 11.7 Å². The molecular weight excluding hydrogens is 600 g/mol. The minimum absolute atomic E-state index is 0.0518. The molecule has 2 heterocycles. The van der Waals surface area contributed by atoms with Gasteiger partial charge in [0.2, 0.25) is 5.75 Å². The molecule has 0 saturated heterocycles. The van der Waals surface area contributed by atoms with E-state index in [1.807, 2.05) is 54.6 Å². The van der Waals surface area contributed by atoms with Gasteiger partial charge in [-0.2, -0.15) is 0 Å². The Bertz CT molecular complexity index is 1770. The number of rotatable bonds is 10. The molecule has 1 aliphatic heterocycles. The van der Waals surface area contributed by atoms with Crippen LogP contribution in [0.15, 0.2) is 79.1 Å². The van der Waals surface area contributed by atoms with Gasteiger partial charge in [0, 0.05) is 30.9 Å². The smallest absolute Gasteiger partial charge is 0.329 e. The topological polar surface area (TPSA) is 113 Å². The van der Waals surface area contributed by atoms with Crippen LogP contribution >= 0.6 is 0 Å². The van der Waals surface area contributed by atoms with E-state index in [0.717, 1.165) is 40.7 Å². The van der Waals surface area contributed by atoms with Gasteiger partial charge in [0.15, 0.2) is 11.5 Å². The Labute approximate surface area is 273 Å². The SMILES string of the molecule is COc1cc(C(=O)C(=O)N2Cc3ccccc3CC2C(=O)OC2CCCc3ccc(OCc4ccncc4)cc32)cc(OC)c1OC. The number of esters is 1. The fourth-order valence-corrected chi connectivity index (χ4v) is 6.22. The Hall–Kier alpha value is -5.38. The van der Waals surface area contributed by atoms with Gasteiger partial charge in [0.1, 0.15) is 24.5 Å². The average Bonchev–Trinajstić information content (AvgIpc) is 3.12. The zero-order valence-electron chi connectivity index (χ0n) is 26.6. The van der Waals surface area contributed by atoms with E-state index in [1.165, 1.54) is 38.4 Å². The van der Waals surface area contributed by atoms with Crippen molar-refractivity contribution in [1.82, 2.24) is 9.88 Å². The lowest BCUT2D eigenvalue weighted by Crippen LogP contribution is -2.51. The van der Waals surface area contributed by atoms with Crippen molar-refractivity contribution in [3.8, 4) is 23.0 Å². The van der Waals surface area contributed by atoms with Crippen LogP contribution in [-0.2, 0) is 40.3 Å². The molecule has 10 heteroatoms. The number of aromatic nitrogens is 1. The predicted octanol–water partition coefficient (Wildman–Crippen LogP) is 5.44. The lowest BCUT2D eigenvalue weighted by Gasteiger charge is -2.36. The molecule has 1 aromatic heterocycles. The van der Waals surface area contributed by atoms with E-state index in [-0.39, 0.29) is 30.0 Å². The van der Waals surface area contributed by atoms with Gasteiger partial charge >= 0.3 is 5.97 Å². The fraction of sp³-hybridized carbons (Fsp3) is 0.297. The van der Waals surface area contributed by atoms with Gasteiger partial charge < -0.3 is 28.6 Å². The van der Waals surface area contributed by atoms with Crippen molar-refractivity contribution in [2.45, 2.75) is 51.0 Å². The highest BCUT2D eigenvalue weighted by Gasteiger charge is 2.40. The average molecular weight is 637 g/mol. The molecule has 0 radical (unpaired) electrons. The third-order valence-electron chi connectivity index (χ3n) is 8.69. The maximum Gasteiger partial charge on any atom is 0.329 e. The summed E-state index contributed by atoms with van der Waals surface area (Å²) in [7, 11) is 4.32. The van der Waals surface area contributed by atoms with Gasteiger partial charge in [-0.05, 0) is 83.5 Å². The normalized spacial score (nSPS) is 16.7. The van der Waals surface area contributed by atoms with Crippen molar-refractivity contribution in [2.24, 2.45) is 0 Å². The van der Waals surface area contributed by atoms with Crippen LogP contribution in [0.25, 0.3) is 0 Å². The van der Waals surface area contributed by atoms with Crippen LogP contribution in [0.1, 0.15) is 57.1 Å². The Kier molecular flexibility index (Phi) is 9.37. The highest BCUT2D eigenvalue weighted by atomic mass is 16.5. The maximum atomic E-state index is 14.0. The van der Waals surface area contributed by atoms with Crippen LogP contribution in [0.5, 0.6) is 23.0 Å². The first-order valence-electron chi connectivity index (χ1n) is 15.5. The predicted molar refractivity (Wildman–Crippen MR) is 172 cm³/mol. The molecule has 6 rings (SSSR count). The van der Waals surface area contributed by atoms with Gasteiger partial charge in [-0.1, -0.05) is 30.3 Å². The number of ketones is 1. The number of aryl methyl sites for hydroxylation is 1. The van der Waals surface area contributed by atoms with Crippen molar-refractivity contribution >= 4 is 17.7 Å². The van der Waals surface area contributed by atoms with Crippen LogP contribution in [0.3, 0.4) is 0 Å². The zero-order valence-corrected chi connectivity index (χ0v) is 26.6. The molecule has 2 atom stereocenters. The van der Waals surface area contributed by atoms with Crippen LogP contribution in [0, 0.1) is 0 Å². The summed E-state index contributed by atoms with van der Waals surface area (Å²) in [4.78, 5) is 47.0. The Morgan fingerprint density at radius 1 is 0.851 bits per heavy atom. The molecular formula is C37H36N2O8. The highest BCUT2D eigenvalue weighted by Crippen LogP contribution is 2.39. The van der Waals surface area contributed by atoms with E-state index in [4.69, 9.17) is 23.7 Å². The second kappa shape index (κ2) is 13.9. The molecule has 0 N–H and O–H groups in total. The lowest BCUT2D eigenvalue weighted by molar-refractivity contribution is -0.160. The Morgan fingerprint density at radius 3 is 2.28 bits per heavy atom. The molecule has 1 amide bonds. The summed E-state index contributed by atoms with van der Waals surface area (Å²) in [5.74, 6) is -0.751. The minimum atomic E-state index is -1.00. The fourth-order valence-electron chi connectivity index (χ4n) is 6.22. The second-order valence-corrected chi connectivity index (χ2v) is 11.5. The minimum Gasteiger partial charge on any atom is -0.493 e. The van der Waals surface area contributed by atoms with Gasteiger partial charge in [-0.25, -0.2) is 4.79 Å². The molecule has 242 valence electrons. The van der Waals surface area contributed by atoms with Gasteiger partial charge in [0.05, 0.1) is 21.3 Å². The Balaban J connectivity index is 1.25. The highest BCUT2D eigenvalue weighted by molar-refractivity contribution is 6.43. The molecule has 47 heavy (non-hydrogen) atoms. The van der Waals surface area contributed by atoms with Crippen LogP contribution in [-0.4, -0.2) is 54.9 Å². The first-order chi connectivity index (χ1) is 22.9. The summed E-state index contributed by atoms with van der Waals surface area (Å²) >= 11 is 0. The van der Waals surface area contributed by atoms with E-state index in [9.17, 15) is 14.4 Å². The summed E-state index contributed by atoms with van der Waals surface area (Å²) in [6.07, 6.45) is 5.48. The third-order valence-corrected chi connectivity index (χ3v) is 8.69. The monoisotopic (exact) mass is 636 g/mol. The van der Waals surface area contributed by atoms with E-state index in [1.54, 1.807) is 12.4 Å². The summed E-state index contributed by atoms with van der Waals surface area (Å²) in [5, 5.41) is 0. The zero-order chi connectivity index (χ0) is 32.9. The number of fused-ring (bicyclic) bond motifs is 2. The Morgan fingerprint density at radius 2 is 1.57 bits per heavy atom. The van der Waals surface area contributed by atoms with E-state index in [2.05, 4.69) is 4.98 Å². The van der Waals surface area contributed by atoms with Crippen molar-refractivity contribution in [2.75, 3.05) is 21.3 Å². The molecule has 10 nitrogen and oxygen atoms in total. The van der Waals surface area contributed by atoms with Crippen molar-refractivity contribution in [3.63, 3.8) is 0 Å². The first-order valence-corrected chi connectivity index (χ1v) is 15.5. The van der Waals surface area contributed by atoms with Crippen molar-refractivity contribution in [1.29, 1.82) is 0 Å². The van der Waals surface area contributed by atoms with E-state index in [0.29, 0.717) is 24.5 Å². The van der Waals surface area contributed by atoms with Gasteiger partial charge in [-0.3, -0.25) is 14.6 Å². The quantitative estimate of drug-likeness (QED) is 0.128. The largest absolute Gasteiger partial charge is 0.493 e. The number of nitrogens with zero attached hydrogens (tertiary/aromatic N) is 2. The van der Waals surface area contributed by atoms with Crippen LogP contribution < -0.4 is 18.9 Å². The molecule has 0 bridgehead atoms. The van der Waals surface area contributed by atoms with Gasteiger partial charge in [-0.15, -0.1) is 0 Å². The molecule has 4 aromatic rings.